The van der Waals surface area contributed by atoms with Gasteiger partial charge in [0.1, 0.15) is 12.4 Å². The zero-order chi connectivity index (χ0) is 24.9. The fourth-order valence-corrected chi connectivity index (χ4v) is 6.31. The minimum absolute atomic E-state index is 0.0547. The van der Waals surface area contributed by atoms with Crippen molar-refractivity contribution < 1.29 is 9.53 Å². The number of carbonyl (C=O) groups excluding carboxylic acids is 1. The number of hydrogen-bond donors (Lipinski definition) is 0. The summed E-state index contributed by atoms with van der Waals surface area (Å²) in [7, 11) is 0.467. The van der Waals surface area contributed by atoms with Gasteiger partial charge >= 0.3 is 0 Å². The molecule has 0 amide bonds. The Morgan fingerprint density at radius 1 is 0.882 bits per heavy atom. The van der Waals surface area contributed by atoms with Gasteiger partial charge in [-0.05, 0) is 42.6 Å². The average Bonchev–Trinajstić information content (AvgIpc) is 2.79. The monoisotopic (exact) mass is 474 g/mol. The van der Waals surface area contributed by atoms with Crippen molar-refractivity contribution in [3.05, 3.63) is 94.0 Å². The van der Waals surface area contributed by atoms with Crippen molar-refractivity contribution in [1.82, 2.24) is 0 Å². The summed E-state index contributed by atoms with van der Waals surface area (Å²) < 4.78 is 6.68. The van der Waals surface area contributed by atoms with Crippen LogP contribution in [-0.4, -0.2) is 6.29 Å². The van der Waals surface area contributed by atoms with Crippen molar-refractivity contribution in [3.63, 3.8) is 0 Å². The molecule has 0 aliphatic carbocycles. The van der Waals surface area contributed by atoms with E-state index in [2.05, 4.69) is 90.1 Å². The first-order valence-electron chi connectivity index (χ1n) is 12.2. The molecule has 2 atom stereocenters. The van der Waals surface area contributed by atoms with Crippen molar-refractivity contribution in [3.8, 4) is 5.75 Å². The van der Waals surface area contributed by atoms with Crippen molar-refractivity contribution in [1.29, 1.82) is 0 Å². The zero-order valence-corrected chi connectivity index (χ0v) is 22.8. The molecule has 2 unspecified atom stereocenters. The molecule has 0 N–H and O–H groups in total. The van der Waals surface area contributed by atoms with E-state index in [-0.39, 0.29) is 10.6 Å². The Kier molecular flexibility index (Phi) is 8.37. The van der Waals surface area contributed by atoms with E-state index in [9.17, 15) is 4.79 Å². The number of hydrogen-bond acceptors (Lipinski definition) is 2. The fourth-order valence-electron chi connectivity index (χ4n) is 4.58. The molecular weight excluding hydrogens is 435 g/mol. The Balaban J connectivity index is 2.16. The van der Waals surface area contributed by atoms with Crippen LogP contribution in [0, 0.1) is 13.8 Å². The van der Waals surface area contributed by atoms with Gasteiger partial charge < -0.3 is 4.74 Å². The number of carbonyl (C=O) groups is 1. The molecule has 34 heavy (non-hydrogen) atoms. The highest BCUT2D eigenvalue weighted by molar-refractivity contribution is 7.48. The van der Waals surface area contributed by atoms with E-state index in [1.54, 1.807) is 0 Å². The van der Waals surface area contributed by atoms with E-state index in [1.165, 1.54) is 16.7 Å². The van der Waals surface area contributed by atoms with Crippen LogP contribution in [0.3, 0.4) is 0 Å². The molecule has 3 heteroatoms. The van der Waals surface area contributed by atoms with Gasteiger partial charge in [-0.25, -0.2) is 0 Å². The van der Waals surface area contributed by atoms with Crippen LogP contribution in [-0.2, 0) is 17.2 Å². The molecule has 0 heterocycles. The molecule has 0 saturated heterocycles. The molecule has 3 aromatic carbocycles. The molecule has 0 spiro atoms. The van der Waals surface area contributed by atoms with Crippen molar-refractivity contribution in [2.24, 2.45) is 0 Å². The van der Waals surface area contributed by atoms with Crippen LogP contribution in [0.15, 0.2) is 60.7 Å². The quantitative estimate of drug-likeness (QED) is 0.232. The Bertz CT molecular complexity index is 1130. The van der Waals surface area contributed by atoms with E-state index in [0.29, 0.717) is 15.2 Å². The van der Waals surface area contributed by atoms with Crippen LogP contribution >= 0.6 is 8.58 Å². The summed E-state index contributed by atoms with van der Waals surface area (Å²) in [5.41, 5.74) is 6.77. The van der Waals surface area contributed by atoms with Crippen LogP contribution in [0.5, 0.6) is 5.75 Å². The van der Waals surface area contributed by atoms with Gasteiger partial charge in [0.05, 0.1) is 0 Å². The highest BCUT2D eigenvalue weighted by Crippen LogP contribution is 2.51. The van der Waals surface area contributed by atoms with E-state index in [0.717, 1.165) is 46.9 Å². The normalized spacial score (nSPS) is 13.7. The summed E-state index contributed by atoms with van der Waals surface area (Å²) in [6, 6.07) is 21.2. The summed E-state index contributed by atoms with van der Waals surface area (Å²) in [5.74, 6) is 1.00. The van der Waals surface area contributed by atoms with Gasteiger partial charge in [-0.3, -0.25) is 4.79 Å². The first-order chi connectivity index (χ1) is 16.1. The topological polar surface area (TPSA) is 26.3 Å². The zero-order valence-electron chi connectivity index (χ0n) is 21.8. The van der Waals surface area contributed by atoms with Crippen LogP contribution in [0.25, 0.3) is 0 Å². The number of benzene rings is 3. The van der Waals surface area contributed by atoms with Gasteiger partial charge in [-0.1, -0.05) is 115 Å². The summed E-state index contributed by atoms with van der Waals surface area (Å²) >= 11 is 0. The summed E-state index contributed by atoms with van der Waals surface area (Å²) in [4.78, 5) is 11.9. The number of ether oxygens (including phenoxy) is 1. The van der Waals surface area contributed by atoms with Crippen molar-refractivity contribution in [2.75, 3.05) is 0 Å². The number of rotatable bonds is 9. The predicted octanol–water partition coefficient (Wildman–Crippen LogP) is 8.01. The largest absolute Gasteiger partial charge is 0.488 e. The highest BCUT2D eigenvalue weighted by atomic mass is 31.1. The maximum atomic E-state index is 11.9. The second-order valence-electron chi connectivity index (χ2n) is 10.6. The first-order valence-corrected chi connectivity index (χ1v) is 13.2. The molecule has 0 aliphatic heterocycles. The minimum atomic E-state index is -0.139. The maximum absolute atomic E-state index is 11.9. The lowest BCUT2D eigenvalue weighted by atomic mass is 9.81. The molecule has 0 aromatic heterocycles. The fraction of sp³-hybridized carbons (Fsp3) is 0.387. The summed E-state index contributed by atoms with van der Waals surface area (Å²) in [6.45, 7) is 16.1. The van der Waals surface area contributed by atoms with E-state index < -0.39 is 0 Å². The predicted molar refractivity (Wildman–Crippen MR) is 147 cm³/mol. The van der Waals surface area contributed by atoms with Gasteiger partial charge in [-0.2, -0.15) is 0 Å². The Morgan fingerprint density at radius 2 is 1.56 bits per heavy atom. The minimum Gasteiger partial charge on any atom is -0.488 e. The molecule has 0 saturated carbocycles. The third-order valence-electron chi connectivity index (χ3n) is 6.36. The third kappa shape index (κ3) is 6.16. The molecule has 0 radical (unpaired) electrons. The maximum Gasteiger partial charge on any atom is 0.150 e. The molecule has 0 bridgehead atoms. The first kappa shape index (κ1) is 26.2. The molecule has 180 valence electrons. The Labute approximate surface area is 207 Å². The van der Waals surface area contributed by atoms with Gasteiger partial charge in [0, 0.05) is 21.8 Å². The standard InChI is InChI=1S/C31H39O2P/c1-8-16-31(7,34-28-15-14-22(2)17-25(28)20-32)27-19-23(3)18-26(30(4,5)6)29(27)33-21-24-12-10-9-11-13-24/h9-15,17-20,34H,8,16,21H2,1-7H3. The molecule has 3 aromatic rings. The van der Waals surface area contributed by atoms with Crippen LogP contribution in [0.2, 0.25) is 0 Å². The van der Waals surface area contributed by atoms with Gasteiger partial charge in [-0.15, -0.1) is 0 Å². The van der Waals surface area contributed by atoms with Gasteiger partial charge in [0.15, 0.2) is 6.29 Å². The summed E-state index contributed by atoms with van der Waals surface area (Å²) in [6.07, 6.45) is 3.08. The van der Waals surface area contributed by atoms with E-state index in [1.807, 2.05) is 19.1 Å². The average molecular weight is 475 g/mol. The SMILES string of the molecule is CCCC(C)(Pc1ccc(C)cc1C=O)c1cc(C)cc(C(C)(C)C)c1OCc1ccccc1. The van der Waals surface area contributed by atoms with Crippen molar-refractivity contribution >= 4 is 20.2 Å². The lowest BCUT2D eigenvalue weighted by Crippen LogP contribution is -2.24. The van der Waals surface area contributed by atoms with Crippen LogP contribution in [0.1, 0.15) is 85.6 Å². The van der Waals surface area contributed by atoms with Crippen molar-refractivity contribution in [2.45, 2.75) is 78.5 Å². The third-order valence-corrected chi connectivity index (χ3v) is 8.15. The Morgan fingerprint density at radius 3 is 2.18 bits per heavy atom. The second-order valence-corrected chi connectivity index (χ2v) is 12.5. The lowest BCUT2D eigenvalue weighted by Gasteiger charge is -2.35. The molecule has 0 fully saturated rings. The molecule has 0 aliphatic rings. The van der Waals surface area contributed by atoms with Gasteiger partial charge in [0.25, 0.3) is 0 Å². The highest BCUT2D eigenvalue weighted by Gasteiger charge is 2.34. The second kappa shape index (κ2) is 10.9. The molecular formula is C31H39O2P. The van der Waals surface area contributed by atoms with E-state index >= 15 is 0 Å². The molecule has 2 nitrogen and oxygen atoms in total. The Hall–Kier alpha value is -2.44. The number of aryl methyl sites for hydroxylation is 2. The van der Waals surface area contributed by atoms with Gasteiger partial charge in [0.2, 0.25) is 0 Å². The molecule has 3 rings (SSSR count). The van der Waals surface area contributed by atoms with Crippen LogP contribution < -0.4 is 10.0 Å². The lowest BCUT2D eigenvalue weighted by molar-refractivity contribution is 0.112. The van der Waals surface area contributed by atoms with E-state index in [4.69, 9.17) is 4.74 Å². The summed E-state index contributed by atoms with van der Waals surface area (Å²) in [5, 5.41) is 0.990. The van der Waals surface area contributed by atoms with Crippen LogP contribution in [0.4, 0.5) is 0 Å². The number of aldehydes is 1. The smallest absolute Gasteiger partial charge is 0.150 e.